The molecular weight excluding hydrogens is 244 g/mol. The maximum Gasteiger partial charge on any atom is 0.0234 e. The molecule has 1 unspecified atom stereocenters. The van der Waals surface area contributed by atoms with E-state index in [9.17, 15) is 0 Å². The highest BCUT2D eigenvalue weighted by Crippen LogP contribution is 2.25. The molecule has 1 fully saturated rings. The molecule has 1 saturated heterocycles. The zero-order valence-corrected chi connectivity index (χ0v) is 13.5. The summed E-state index contributed by atoms with van der Waals surface area (Å²) < 4.78 is 0. The number of hydrogen-bond donors (Lipinski definition) is 1. The molecule has 1 atom stereocenters. The largest absolute Gasteiger partial charge is 0.312 e. The summed E-state index contributed by atoms with van der Waals surface area (Å²) in [7, 11) is 0. The van der Waals surface area contributed by atoms with Gasteiger partial charge in [-0.15, -0.1) is 0 Å². The Balaban J connectivity index is 1.75. The Bertz CT molecular complexity index is 397. The fourth-order valence-electron chi connectivity index (χ4n) is 2.60. The molecule has 2 rings (SSSR count). The molecule has 0 bridgehead atoms. The van der Waals surface area contributed by atoms with Gasteiger partial charge in [0.15, 0.2) is 0 Å². The predicted molar refractivity (Wildman–Crippen MR) is 86.7 cm³/mol. The van der Waals surface area contributed by atoms with Gasteiger partial charge in [0.1, 0.15) is 0 Å². The Morgan fingerprint density at radius 3 is 2.60 bits per heavy atom. The number of nitrogens with one attached hydrogen (secondary N) is 1. The molecule has 1 aliphatic heterocycles. The van der Waals surface area contributed by atoms with Crippen LogP contribution in [-0.4, -0.2) is 30.6 Å². The zero-order chi connectivity index (χ0) is 14.6. The summed E-state index contributed by atoms with van der Waals surface area (Å²) in [5.74, 6) is 0.719. The van der Waals surface area contributed by atoms with Gasteiger partial charge in [0.2, 0.25) is 0 Å². The van der Waals surface area contributed by atoms with Gasteiger partial charge in [-0.2, -0.15) is 0 Å². The van der Waals surface area contributed by atoms with Crippen LogP contribution in [0.5, 0.6) is 0 Å². The molecule has 0 saturated carbocycles. The highest BCUT2D eigenvalue weighted by Gasteiger charge is 2.26. The first-order chi connectivity index (χ1) is 9.47. The molecular formula is C18H30N2. The Kier molecular flexibility index (Phi) is 5.22. The summed E-state index contributed by atoms with van der Waals surface area (Å²) in [5, 5.41) is 3.78. The molecule has 1 N–H and O–H groups in total. The average Bonchev–Trinajstić information content (AvgIpc) is 2.85. The Labute approximate surface area is 124 Å². The SMILES string of the molecule is CC(C)C(C)(C)CNC1CCN(Cc2ccccc2)C1. The summed E-state index contributed by atoms with van der Waals surface area (Å²) in [6, 6.07) is 11.5. The lowest BCUT2D eigenvalue weighted by Crippen LogP contribution is -2.40. The van der Waals surface area contributed by atoms with Crippen LogP contribution in [0.4, 0.5) is 0 Å². The Hall–Kier alpha value is -0.860. The van der Waals surface area contributed by atoms with Gasteiger partial charge in [0, 0.05) is 32.2 Å². The molecule has 112 valence electrons. The lowest BCUT2D eigenvalue weighted by molar-refractivity contribution is 0.226. The quantitative estimate of drug-likeness (QED) is 0.853. The number of benzene rings is 1. The first kappa shape index (κ1) is 15.5. The third kappa shape index (κ3) is 4.32. The van der Waals surface area contributed by atoms with E-state index in [1.54, 1.807) is 0 Å². The molecule has 0 spiro atoms. The van der Waals surface area contributed by atoms with Crippen LogP contribution < -0.4 is 5.32 Å². The van der Waals surface area contributed by atoms with Gasteiger partial charge < -0.3 is 5.32 Å². The lowest BCUT2D eigenvalue weighted by Gasteiger charge is -2.31. The van der Waals surface area contributed by atoms with Crippen LogP contribution in [0.2, 0.25) is 0 Å². The standard InChI is InChI=1S/C18H30N2/c1-15(2)18(3,4)14-19-17-10-11-20(13-17)12-16-8-6-5-7-9-16/h5-9,15,17,19H,10-14H2,1-4H3. The first-order valence-electron chi connectivity index (χ1n) is 7.97. The van der Waals surface area contributed by atoms with Crippen molar-refractivity contribution in [2.75, 3.05) is 19.6 Å². The molecule has 2 nitrogen and oxygen atoms in total. The molecule has 1 aromatic carbocycles. The fourth-order valence-corrected chi connectivity index (χ4v) is 2.60. The van der Waals surface area contributed by atoms with E-state index in [4.69, 9.17) is 0 Å². The lowest BCUT2D eigenvalue weighted by atomic mass is 9.81. The molecule has 1 aliphatic rings. The number of nitrogens with zero attached hydrogens (tertiary/aromatic N) is 1. The highest BCUT2D eigenvalue weighted by atomic mass is 15.2. The second-order valence-corrected chi connectivity index (χ2v) is 7.23. The average molecular weight is 274 g/mol. The number of hydrogen-bond acceptors (Lipinski definition) is 2. The molecule has 2 heteroatoms. The van der Waals surface area contributed by atoms with Gasteiger partial charge in [-0.1, -0.05) is 58.0 Å². The molecule has 0 aliphatic carbocycles. The monoisotopic (exact) mass is 274 g/mol. The summed E-state index contributed by atoms with van der Waals surface area (Å²) in [5.41, 5.74) is 1.81. The van der Waals surface area contributed by atoms with Crippen LogP contribution in [0.15, 0.2) is 30.3 Å². The maximum atomic E-state index is 3.78. The van der Waals surface area contributed by atoms with E-state index in [-0.39, 0.29) is 0 Å². The third-order valence-electron chi connectivity index (χ3n) is 4.93. The van der Waals surface area contributed by atoms with Crippen molar-refractivity contribution in [1.29, 1.82) is 0 Å². The minimum absolute atomic E-state index is 0.382. The Morgan fingerprint density at radius 2 is 1.95 bits per heavy atom. The smallest absolute Gasteiger partial charge is 0.0234 e. The number of likely N-dealkylation sites (tertiary alicyclic amines) is 1. The van der Waals surface area contributed by atoms with Crippen LogP contribution in [0.3, 0.4) is 0 Å². The van der Waals surface area contributed by atoms with Crippen molar-refractivity contribution in [2.45, 2.75) is 46.7 Å². The summed E-state index contributed by atoms with van der Waals surface area (Å²) in [4.78, 5) is 2.56. The van der Waals surface area contributed by atoms with Crippen LogP contribution in [0.25, 0.3) is 0 Å². The van der Waals surface area contributed by atoms with E-state index in [1.165, 1.54) is 25.1 Å². The first-order valence-corrected chi connectivity index (χ1v) is 7.97. The van der Waals surface area contributed by atoms with Crippen molar-refractivity contribution < 1.29 is 0 Å². The summed E-state index contributed by atoms with van der Waals surface area (Å²) in [6.45, 7) is 14.0. The van der Waals surface area contributed by atoms with Crippen molar-refractivity contribution in [3.05, 3.63) is 35.9 Å². The Morgan fingerprint density at radius 1 is 1.25 bits per heavy atom. The van der Waals surface area contributed by atoms with E-state index in [0.717, 1.165) is 19.0 Å². The minimum atomic E-state index is 0.382. The van der Waals surface area contributed by atoms with Crippen LogP contribution >= 0.6 is 0 Å². The van der Waals surface area contributed by atoms with Crippen LogP contribution in [-0.2, 0) is 6.54 Å². The molecule has 1 aromatic rings. The topological polar surface area (TPSA) is 15.3 Å². The molecule has 1 heterocycles. The van der Waals surface area contributed by atoms with E-state index in [0.29, 0.717) is 11.5 Å². The van der Waals surface area contributed by atoms with Gasteiger partial charge in [-0.05, 0) is 23.3 Å². The van der Waals surface area contributed by atoms with Gasteiger partial charge in [0.25, 0.3) is 0 Å². The van der Waals surface area contributed by atoms with Crippen LogP contribution in [0, 0.1) is 11.3 Å². The predicted octanol–water partition coefficient (Wildman–Crippen LogP) is 3.53. The molecule has 0 radical (unpaired) electrons. The van der Waals surface area contributed by atoms with Crippen molar-refractivity contribution in [3.63, 3.8) is 0 Å². The second-order valence-electron chi connectivity index (χ2n) is 7.23. The normalized spacial score (nSPS) is 20.8. The van der Waals surface area contributed by atoms with Gasteiger partial charge in [0.05, 0.1) is 0 Å². The molecule has 0 aromatic heterocycles. The summed E-state index contributed by atoms with van der Waals surface area (Å²) >= 11 is 0. The van der Waals surface area contributed by atoms with Crippen LogP contribution in [0.1, 0.15) is 39.7 Å². The van der Waals surface area contributed by atoms with Gasteiger partial charge in [-0.3, -0.25) is 4.90 Å². The summed E-state index contributed by atoms with van der Waals surface area (Å²) in [6.07, 6.45) is 1.28. The van der Waals surface area contributed by atoms with E-state index < -0.39 is 0 Å². The zero-order valence-electron chi connectivity index (χ0n) is 13.5. The fraction of sp³-hybridized carbons (Fsp3) is 0.667. The highest BCUT2D eigenvalue weighted by molar-refractivity contribution is 5.14. The second kappa shape index (κ2) is 6.73. The van der Waals surface area contributed by atoms with E-state index in [1.807, 2.05) is 0 Å². The van der Waals surface area contributed by atoms with Crippen molar-refractivity contribution >= 4 is 0 Å². The van der Waals surface area contributed by atoms with E-state index >= 15 is 0 Å². The maximum absolute atomic E-state index is 3.78. The third-order valence-corrected chi connectivity index (χ3v) is 4.93. The van der Waals surface area contributed by atoms with Crippen molar-refractivity contribution in [1.82, 2.24) is 10.2 Å². The van der Waals surface area contributed by atoms with Gasteiger partial charge >= 0.3 is 0 Å². The molecule has 0 amide bonds. The van der Waals surface area contributed by atoms with Gasteiger partial charge in [-0.25, -0.2) is 0 Å². The molecule has 20 heavy (non-hydrogen) atoms. The minimum Gasteiger partial charge on any atom is -0.312 e. The van der Waals surface area contributed by atoms with E-state index in [2.05, 4.69) is 68.2 Å². The van der Waals surface area contributed by atoms with Crippen molar-refractivity contribution in [3.8, 4) is 0 Å². The van der Waals surface area contributed by atoms with Crippen molar-refractivity contribution in [2.24, 2.45) is 11.3 Å². The number of rotatable bonds is 6.